The van der Waals surface area contributed by atoms with Crippen LogP contribution in [0.3, 0.4) is 0 Å². The number of aryl methyl sites for hydroxylation is 1. The Morgan fingerprint density at radius 3 is 2.38 bits per heavy atom. The lowest BCUT2D eigenvalue weighted by molar-refractivity contribution is 0.0350. The zero-order valence-electron chi connectivity index (χ0n) is 13.1. The number of nitrogens with two attached hydrogens (primary N) is 1. The molecule has 6 heteroatoms. The molecule has 6 nitrogen and oxygen atoms in total. The summed E-state index contributed by atoms with van der Waals surface area (Å²) in [5.41, 5.74) is 7.85. The first kappa shape index (κ1) is 15.7. The standard InChI is InChI=1S/C15H25N5O/c1-4-10-11(5-2)18-19-14(12(10)13(16)17)20-8-6-15(3,21)7-9-20/h21H,4-9H2,1-3H3,(H3,16,17). The molecule has 0 aliphatic carbocycles. The molecule has 0 bridgehead atoms. The van der Waals surface area contributed by atoms with Crippen molar-refractivity contribution in [1.29, 1.82) is 5.41 Å². The van der Waals surface area contributed by atoms with E-state index < -0.39 is 5.60 Å². The van der Waals surface area contributed by atoms with Gasteiger partial charge in [0.2, 0.25) is 0 Å². The number of aromatic nitrogens is 2. The van der Waals surface area contributed by atoms with Gasteiger partial charge in [0.05, 0.1) is 16.9 Å². The van der Waals surface area contributed by atoms with Crippen LogP contribution < -0.4 is 10.6 Å². The van der Waals surface area contributed by atoms with Gasteiger partial charge in [0, 0.05) is 13.1 Å². The number of rotatable bonds is 4. The fourth-order valence-electron chi connectivity index (χ4n) is 2.87. The summed E-state index contributed by atoms with van der Waals surface area (Å²) in [6.07, 6.45) is 2.93. The van der Waals surface area contributed by atoms with E-state index in [0.717, 1.165) is 24.1 Å². The summed E-state index contributed by atoms with van der Waals surface area (Å²) < 4.78 is 0. The van der Waals surface area contributed by atoms with Gasteiger partial charge in [0.15, 0.2) is 5.82 Å². The van der Waals surface area contributed by atoms with Gasteiger partial charge in [0.25, 0.3) is 0 Å². The van der Waals surface area contributed by atoms with Gasteiger partial charge in [-0.05, 0) is 38.2 Å². The zero-order valence-corrected chi connectivity index (χ0v) is 13.1. The molecule has 0 aromatic carbocycles. The number of amidine groups is 1. The molecule has 1 fully saturated rings. The number of aliphatic hydroxyl groups is 1. The van der Waals surface area contributed by atoms with Crippen LogP contribution >= 0.6 is 0 Å². The summed E-state index contributed by atoms with van der Waals surface area (Å²) in [4.78, 5) is 2.08. The first-order chi connectivity index (χ1) is 9.89. The van der Waals surface area contributed by atoms with E-state index in [0.29, 0.717) is 37.3 Å². The third kappa shape index (κ3) is 3.15. The lowest BCUT2D eigenvalue weighted by Gasteiger charge is -2.37. The molecule has 0 atom stereocenters. The largest absolute Gasteiger partial charge is 0.390 e. The van der Waals surface area contributed by atoms with Crippen molar-refractivity contribution >= 4 is 11.7 Å². The molecule has 1 aliphatic rings. The molecule has 2 rings (SSSR count). The zero-order chi connectivity index (χ0) is 15.6. The molecule has 1 aromatic heterocycles. The van der Waals surface area contributed by atoms with Crippen molar-refractivity contribution in [3.05, 3.63) is 16.8 Å². The molecule has 4 N–H and O–H groups in total. The van der Waals surface area contributed by atoms with Crippen molar-refractivity contribution in [3.8, 4) is 0 Å². The van der Waals surface area contributed by atoms with Crippen LogP contribution in [0.2, 0.25) is 0 Å². The summed E-state index contributed by atoms with van der Waals surface area (Å²) >= 11 is 0. The highest BCUT2D eigenvalue weighted by molar-refractivity contribution is 6.01. The van der Waals surface area contributed by atoms with Crippen LogP contribution in [-0.2, 0) is 12.8 Å². The van der Waals surface area contributed by atoms with E-state index in [-0.39, 0.29) is 5.84 Å². The number of nitrogens with one attached hydrogen (secondary N) is 1. The Labute approximate surface area is 125 Å². The normalized spacial score (nSPS) is 17.8. The molecule has 1 aromatic rings. The third-order valence-corrected chi connectivity index (χ3v) is 4.24. The fraction of sp³-hybridized carbons (Fsp3) is 0.667. The molecule has 0 saturated carbocycles. The molecule has 1 aliphatic heterocycles. The molecule has 0 radical (unpaired) electrons. The molecular formula is C15H25N5O. The molecular weight excluding hydrogens is 266 g/mol. The monoisotopic (exact) mass is 291 g/mol. The van der Waals surface area contributed by atoms with Crippen molar-refractivity contribution in [2.24, 2.45) is 5.73 Å². The highest BCUT2D eigenvalue weighted by atomic mass is 16.3. The van der Waals surface area contributed by atoms with Crippen molar-refractivity contribution in [2.45, 2.75) is 52.1 Å². The number of piperidine rings is 1. The number of hydrogen-bond acceptors (Lipinski definition) is 5. The van der Waals surface area contributed by atoms with Gasteiger partial charge in [-0.3, -0.25) is 5.41 Å². The number of nitrogen functional groups attached to an aromatic ring is 1. The molecule has 21 heavy (non-hydrogen) atoms. The van der Waals surface area contributed by atoms with Crippen molar-refractivity contribution < 1.29 is 5.11 Å². The van der Waals surface area contributed by atoms with Gasteiger partial charge < -0.3 is 15.7 Å². The first-order valence-electron chi connectivity index (χ1n) is 7.59. The summed E-state index contributed by atoms with van der Waals surface area (Å²) in [7, 11) is 0. The molecule has 0 spiro atoms. The van der Waals surface area contributed by atoms with Gasteiger partial charge in [-0.1, -0.05) is 13.8 Å². The molecule has 2 heterocycles. The van der Waals surface area contributed by atoms with Crippen LogP contribution in [0.1, 0.15) is 50.4 Å². The Balaban J connectivity index is 2.42. The van der Waals surface area contributed by atoms with Crippen LogP contribution in [0.25, 0.3) is 0 Å². The molecule has 0 amide bonds. The van der Waals surface area contributed by atoms with Gasteiger partial charge in [-0.15, -0.1) is 5.10 Å². The van der Waals surface area contributed by atoms with E-state index in [1.54, 1.807) is 0 Å². The molecule has 1 saturated heterocycles. The second kappa shape index (κ2) is 5.97. The van der Waals surface area contributed by atoms with Crippen LogP contribution in [-0.4, -0.2) is 39.8 Å². The Bertz CT molecular complexity index is 531. The second-order valence-electron chi connectivity index (χ2n) is 5.93. The first-order valence-corrected chi connectivity index (χ1v) is 7.59. The van der Waals surface area contributed by atoms with Gasteiger partial charge in [-0.2, -0.15) is 5.10 Å². The summed E-state index contributed by atoms with van der Waals surface area (Å²) in [6, 6.07) is 0. The lowest BCUT2D eigenvalue weighted by atomic mass is 9.93. The van der Waals surface area contributed by atoms with Gasteiger partial charge >= 0.3 is 0 Å². The van der Waals surface area contributed by atoms with Gasteiger partial charge in [0.1, 0.15) is 5.84 Å². The Morgan fingerprint density at radius 2 is 1.90 bits per heavy atom. The summed E-state index contributed by atoms with van der Waals surface area (Å²) in [5.74, 6) is 0.732. The maximum Gasteiger partial charge on any atom is 0.162 e. The maximum absolute atomic E-state index is 10.1. The maximum atomic E-state index is 10.1. The predicted molar refractivity (Wildman–Crippen MR) is 83.9 cm³/mol. The average molecular weight is 291 g/mol. The van der Waals surface area contributed by atoms with Crippen molar-refractivity contribution in [3.63, 3.8) is 0 Å². The minimum absolute atomic E-state index is 0.0452. The van der Waals surface area contributed by atoms with E-state index in [9.17, 15) is 5.11 Å². The third-order valence-electron chi connectivity index (χ3n) is 4.24. The highest BCUT2D eigenvalue weighted by Crippen LogP contribution is 2.29. The Morgan fingerprint density at radius 1 is 1.29 bits per heavy atom. The van der Waals surface area contributed by atoms with E-state index in [1.807, 2.05) is 20.8 Å². The minimum Gasteiger partial charge on any atom is -0.390 e. The summed E-state index contributed by atoms with van der Waals surface area (Å²) in [6.45, 7) is 7.35. The van der Waals surface area contributed by atoms with Crippen LogP contribution in [0.15, 0.2) is 0 Å². The SMILES string of the molecule is CCc1nnc(N2CCC(C)(O)CC2)c(C(=N)N)c1CC. The smallest absolute Gasteiger partial charge is 0.162 e. The topological polar surface area (TPSA) is 99.1 Å². The Hall–Kier alpha value is -1.69. The van der Waals surface area contributed by atoms with Crippen LogP contribution in [0.4, 0.5) is 5.82 Å². The van der Waals surface area contributed by atoms with Gasteiger partial charge in [-0.25, -0.2) is 0 Å². The van der Waals surface area contributed by atoms with Crippen LogP contribution in [0.5, 0.6) is 0 Å². The van der Waals surface area contributed by atoms with E-state index in [4.69, 9.17) is 11.1 Å². The molecule has 0 unspecified atom stereocenters. The van der Waals surface area contributed by atoms with Crippen LogP contribution in [0, 0.1) is 5.41 Å². The van der Waals surface area contributed by atoms with E-state index >= 15 is 0 Å². The minimum atomic E-state index is -0.614. The van der Waals surface area contributed by atoms with Crippen molar-refractivity contribution in [1.82, 2.24) is 10.2 Å². The predicted octanol–water partition coefficient (Wildman–Crippen LogP) is 1.24. The number of nitrogens with zero attached hydrogens (tertiary/aromatic N) is 3. The Kier molecular flexibility index (Phi) is 4.46. The highest BCUT2D eigenvalue weighted by Gasteiger charge is 2.30. The molecule has 116 valence electrons. The van der Waals surface area contributed by atoms with E-state index in [1.165, 1.54) is 0 Å². The quantitative estimate of drug-likeness (QED) is 0.572. The van der Waals surface area contributed by atoms with E-state index in [2.05, 4.69) is 15.1 Å². The van der Waals surface area contributed by atoms with Crippen molar-refractivity contribution in [2.75, 3.05) is 18.0 Å². The second-order valence-corrected chi connectivity index (χ2v) is 5.93. The average Bonchev–Trinajstić information content (AvgIpc) is 2.45. The lowest BCUT2D eigenvalue weighted by Crippen LogP contribution is -2.43. The number of hydrogen-bond donors (Lipinski definition) is 3. The fourth-order valence-corrected chi connectivity index (χ4v) is 2.87. The summed E-state index contributed by atoms with van der Waals surface area (Å²) in [5, 5.41) is 26.6. The number of anilines is 1.